The third kappa shape index (κ3) is 3.30. The molecule has 0 heterocycles. The maximum Gasteiger partial charge on any atom is 0.104 e. The number of benzene rings is 1. The van der Waals surface area contributed by atoms with Crippen LogP contribution >= 0.6 is 0 Å². The van der Waals surface area contributed by atoms with Crippen LogP contribution in [-0.2, 0) is 10.3 Å². The normalized spacial score (nSPS) is 14.9. The Kier molecular flexibility index (Phi) is 4.75. The Hall–Kier alpha value is -0.900. The van der Waals surface area contributed by atoms with Gasteiger partial charge in [0.1, 0.15) is 5.60 Å². The molecule has 3 heteroatoms. The summed E-state index contributed by atoms with van der Waals surface area (Å²) in [5.41, 5.74) is 5.51. The zero-order valence-electron chi connectivity index (χ0n) is 9.15. The van der Waals surface area contributed by atoms with Gasteiger partial charge in [0.2, 0.25) is 0 Å². The van der Waals surface area contributed by atoms with Gasteiger partial charge in [0, 0.05) is 26.2 Å². The molecule has 1 aromatic rings. The maximum atomic E-state index is 10.3. The van der Waals surface area contributed by atoms with Crippen LogP contribution in [0.2, 0.25) is 0 Å². The first-order valence-corrected chi connectivity index (χ1v) is 5.28. The van der Waals surface area contributed by atoms with Gasteiger partial charge >= 0.3 is 0 Å². The lowest BCUT2D eigenvalue weighted by Crippen LogP contribution is -2.36. The zero-order chi connectivity index (χ0) is 11.1. The highest BCUT2D eigenvalue weighted by Gasteiger charge is 2.26. The monoisotopic (exact) mass is 209 g/mol. The van der Waals surface area contributed by atoms with Crippen LogP contribution in [0.3, 0.4) is 0 Å². The molecule has 3 N–H and O–H groups in total. The van der Waals surface area contributed by atoms with E-state index in [4.69, 9.17) is 10.5 Å². The molecule has 84 valence electrons. The molecular weight excluding hydrogens is 190 g/mol. The molecule has 0 aliphatic heterocycles. The van der Waals surface area contributed by atoms with Crippen LogP contribution in [0.4, 0.5) is 0 Å². The summed E-state index contributed by atoms with van der Waals surface area (Å²) in [5.74, 6) is 0. The molecule has 0 radical (unpaired) electrons. The molecule has 0 aromatic heterocycles. The lowest BCUT2D eigenvalue weighted by atomic mass is 9.91. The average molecular weight is 209 g/mol. The Morgan fingerprint density at radius 1 is 1.33 bits per heavy atom. The molecule has 0 amide bonds. The Balaban J connectivity index is 2.67. The summed E-state index contributed by atoms with van der Waals surface area (Å²) in [6.07, 6.45) is 0.529. The summed E-state index contributed by atoms with van der Waals surface area (Å²) < 4.78 is 5.24. The number of aliphatic hydroxyl groups is 1. The largest absolute Gasteiger partial charge is 0.384 e. The van der Waals surface area contributed by atoms with E-state index in [-0.39, 0.29) is 6.54 Å². The number of hydrogen-bond acceptors (Lipinski definition) is 3. The Labute approximate surface area is 90.9 Å². The van der Waals surface area contributed by atoms with Gasteiger partial charge in [0.05, 0.1) is 0 Å². The first-order chi connectivity index (χ1) is 7.23. The van der Waals surface area contributed by atoms with Crippen LogP contribution in [0.25, 0.3) is 0 Å². The molecule has 1 aromatic carbocycles. The third-order valence-electron chi connectivity index (χ3n) is 2.51. The van der Waals surface area contributed by atoms with Crippen molar-refractivity contribution in [1.82, 2.24) is 0 Å². The molecule has 0 aliphatic carbocycles. The van der Waals surface area contributed by atoms with Gasteiger partial charge in [-0.2, -0.15) is 0 Å². The standard InChI is InChI=1S/C12H19NO2/c1-2-15-9-8-12(14,10-13)11-6-4-3-5-7-11/h3-7,14H,2,8-10,13H2,1H3. The summed E-state index contributed by atoms with van der Waals surface area (Å²) >= 11 is 0. The molecule has 1 atom stereocenters. The van der Waals surface area contributed by atoms with Gasteiger partial charge in [0.15, 0.2) is 0 Å². The molecule has 15 heavy (non-hydrogen) atoms. The molecular formula is C12H19NO2. The van der Waals surface area contributed by atoms with Crippen LogP contribution in [0.1, 0.15) is 18.9 Å². The van der Waals surface area contributed by atoms with E-state index < -0.39 is 5.60 Å². The fourth-order valence-electron chi connectivity index (χ4n) is 1.50. The minimum atomic E-state index is -0.962. The van der Waals surface area contributed by atoms with Crippen molar-refractivity contribution in [1.29, 1.82) is 0 Å². The van der Waals surface area contributed by atoms with Crippen molar-refractivity contribution >= 4 is 0 Å². The van der Waals surface area contributed by atoms with Crippen LogP contribution in [-0.4, -0.2) is 24.9 Å². The lowest BCUT2D eigenvalue weighted by Gasteiger charge is -2.26. The van der Waals surface area contributed by atoms with E-state index in [1.807, 2.05) is 37.3 Å². The SMILES string of the molecule is CCOCCC(O)(CN)c1ccccc1. The molecule has 0 aliphatic rings. The summed E-state index contributed by atoms with van der Waals surface area (Å²) in [7, 11) is 0. The maximum absolute atomic E-state index is 10.3. The molecule has 0 bridgehead atoms. The first-order valence-electron chi connectivity index (χ1n) is 5.28. The second-order valence-electron chi connectivity index (χ2n) is 3.55. The Morgan fingerprint density at radius 3 is 2.53 bits per heavy atom. The molecule has 0 fully saturated rings. The van der Waals surface area contributed by atoms with Gasteiger partial charge in [-0.05, 0) is 12.5 Å². The average Bonchev–Trinajstić information content (AvgIpc) is 2.30. The van der Waals surface area contributed by atoms with Gasteiger partial charge in [-0.1, -0.05) is 30.3 Å². The third-order valence-corrected chi connectivity index (χ3v) is 2.51. The highest BCUT2D eigenvalue weighted by Crippen LogP contribution is 2.23. The van der Waals surface area contributed by atoms with E-state index in [9.17, 15) is 5.11 Å². The van der Waals surface area contributed by atoms with Crippen molar-refractivity contribution in [2.75, 3.05) is 19.8 Å². The fraction of sp³-hybridized carbons (Fsp3) is 0.500. The number of nitrogens with two attached hydrogens (primary N) is 1. The van der Waals surface area contributed by atoms with Crippen molar-refractivity contribution in [3.63, 3.8) is 0 Å². The smallest absolute Gasteiger partial charge is 0.104 e. The highest BCUT2D eigenvalue weighted by molar-refractivity contribution is 5.22. The van der Waals surface area contributed by atoms with Gasteiger partial charge in [0.25, 0.3) is 0 Å². The van der Waals surface area contributed by atoms with E-state index >= 15 is 0 Å². The van der Waals surface area contributed by atoms with Crippen molar-refractivity contribution < 1.29 is 9.84 Å². The van der Waals surface area contributed by atoms with Crippen molar-refractivity contribution in [2.45, 2.75) is 18.9 Å². The molecule has 1 rings (SSSR count). The van der Waals surface area contributed by atoms with E-state index in [0.717, 1.165) is 5.56 Å². The predicted molar refractivity (Wildman–Crippen MR) is 60.5 cm³/mol. The predicted octanol–water partition coefficient (Wildman–Crippen LogP) is 1.26. The minimum absolute atomic E-state index is 0.212. The summed E-state index contributed by atoms with van der Waals surface area (Å²) in [4.78, 5) is 0. The quantitative estimate of drug-likeness (QED) is 0.693. The van der Waals surface area contributed by atoms with Crippen LogP contribution in [0, 0.1) is 0 Å². The zero-order valence-corrected chi connectivity index (χ0v) is 9.15. The second-order valence-corrected chi connectivity index (χ2v) is 3.55. The van der Waals surface area contributed by atoms with E-state index in [1.165, 1.54) is 0 Å². The second kappa shape index (κ2) is 5.85. The van der Waals surface area contributed by atoms with Gasteiger partial charge in [-0.3, -0.25) is 0 Å². The van der Waals surface area contributed by atoms with Crippen LogP contribution < -0.4 is 5.73 Å². The van der Waals surface area contributed by atoms with E-state index in [2.05, 4.69) is 0 Å². The topological polar surface area (TPSA) is 55.5 Å². The van der Waals surface area contributed by atoms with Crippen molar-refractivity contribution in [3.05, 3.63) is 35.9 Å². The molecule has 0 spiro atoms. The lowest BCUT2D eigenvalue weighted by molar-refractivity contribution is 0.00492. The molecule has 1 unspecified atom stereocenters. The fourth-order valence-corrected chi connectivity index (χ4v) is 1.50. The van der Waals surface area contributed by atoms with Crippen LogP contribution in [0.5, 0.6) is 0 Å². The minimum Gasteiger partial charge on any atom is -0.384 e. The van der Waals surface area contributed by atoms with Gasteiger partial charge in [-0.15, -0.1) is 0 Å². The summed E-state index contributed by atoms with van der Waals surface area (Å²) in [5, 5.41) is 10.3. The van der Waals surface area contributed by atoms with E-state index in [1.54, 1.807) is 0 Å². The van der Waals surface area contributed by atoms with Crippen LogP contribution in [0.15, 0.2) is 30.3 Å². The first kappa shape index (κ1) is 12.2. The highest BCUT2D eigenvalue weighted by atomic mass is 16.5. The summed E-state index contributed by atoms with van der Waals surface area (Å²) in [6.45, 7) is 3.34. The molecule has 0 saturated heterocycles. The number of ether oxygens (including phenoxy) is 1. The van der Waals surface area contributed by atoms with Gasteiger partial charge in [-0.25, -0.2) is 0 Å². The summed E-state index contributed by atoms with van der Waals surface area (Å²) in [6, 6.07) is 9.49. The number of hydrogen-bond donors (Lipinski definition) is 2. The Morgan fingerprint density at radius 2 is 2.00 bits per heavy atom. The van der Waals surface area contributed by atoms with E-state index in [0.29, 0.717) is 19.6 Å². The molecule has 0 saturated carbocycles. The van der Waals surface area contributed by atoms with Crippen molar-refractivity contribution in [2.24, 2.45) is 5.73 Å². The Bertz CT molecular complexity index is 276. The van der Waals surface area contributed by atoms with Crippen molar-refractivity contribution in [3.8, 4) is 0 Å². The molecule has 3 nitrogen and oxygen atoms in total. The van der Waals surface area contributed by atoms with Gasteiger partial charge < -0.3 is 15.6 Å². The number of rotatable bonds is 6.